The van der Waals surface area contributed by atoms with Gasteiger partial charge in [-0.2, -0.15) is 23.4 Å². The average molecular weight is 579 g/mol. The molecule has 0 aliphatic carbocycles. The minimum atomic E-state index is -4.48. The standard InChI is InChI=1S/C26H29F3N6O4S/c1-16(21-23(36)22(34(2)33-21)17-4-6-18(7-5-17)26(27,28)29)31-32-25(38)20-9-8-19(40-20)24(37)30-10-3-11-35-12-14-39-15-13-35/h4-9,36H,3,10-15H2,1-2H3,(H,30,37)(H,32,38)/b31-16+. The number of alkyl halides is 3. The van der Waals surface area contributed by atoms with E-state index in [1.54, 1.807) is 6.07 Å². The van der Waals surface area contributed by atoms with Crippen molar-refractivity contribution in [1.29, 1.82) is 0 Å². The number of aryl methyl sites for hydroxylation is 1. The number of nitrogens with zero attached hydrogens (tertiary/aromatic N) is 4. The van der Waals surface area contributed by atoms with Crippen molar-refractivity contribution in [2.24, 2.45) is 12.1 Å². The lowest BCUT2D eigenvalue weighted by Crippen LogP contribution is -2.38. The number of carbonyl (C=O) groups excluding carboxylic acids is 2. The van der Waals surface area contributed by atoms with Crippen LogP contribution in [0.4, 0.5) is 13.2 Å². The zero-order chi connectivity index (χ0) is 28.9. The van der Waals surface area contributed by atoms with E-state index in [-0.39, 0.29) is 33.6 Å². The van der Waals surface area contributed by atoms with Gasteiger partial charge in [-0.15, -0.1) is 11.3 Å². The van der Waals surface area contributed by atoms with Crippen LogP contribution in [0.5, 0.6) is 5.75 Å². The molecule has 0 bridgehead atoms. The second-order valence-electron chi connectivity index (χ2n) is 9.11. The molecule has 3 heterocycles. The Morgan fingerprint density at radius 2 is 1.75 bits per heavy atom. The van der Waals surface area contributed by atoms with E-state index in [0.29, 0.717) is 17.0 Å². The third-order valence-electron chi connectivity index (χ3n) is 6.27. The van der Waals surface area contributed by atoms with Gasteiger partial charge in [0.2, 0.25) is 0 Å². The largest absolute Gasteiger partial charge is 0.504 e. The van der Waals surface area contributed by atoms with Crippen LogP contribution in [0.3, 0.4) is 0 Å². The Hall–Kier alpha value is -3.75. The fourth-order valence-corrected chi connectivity index (χ4v) is 4.95. The number of carbonyl (C=O) groups is 2. The van der Waals surface area contributed by atoms with Crippen LogP contribution in [0, 0.1) is 0 Å². The van der Waals surface area contributed by atoms with Crippen LogP contribution < -0.4 is 10.7 Å². The average Bonchev–Trinajstić information content (AvgIpc) is 3.54. The van der Waals surface area contributed by atoms with Crippen molar-refractivity contribution < 1.29 is 32.6 Å². The quantitative estimate of drug-likeness (QED) is 0.203. The number of halogens is 3. The first-order valence-corrected chi connectivity index (χ1v) is 13.3. The lowest BCUT2D eigenvalue weighted by Gasteiger charge is -2.26. The highest BCUT2D eigenvalue weighted by Gasteiger charge is 2.30. The molecule has 0 spiro atoms. The number of morpholine rings is 1. The molecule has 1 fully saturated rings. The zero-order valence-electron chi connectivity index (χ0n) is 21.9. The van der Waals surface area contributed by atoms with E-state index < -0.39 is 17.6 Å². The van der Waals surface area contributed by atoms with Crippen LogP contribution in [0.2, 0.25) is 0 Å². The molecule has 3 aromatic rings. The molecule has 0 unspecified atom stereocenters. The molecule has 3 N–H and O–H groups in total. The summed E-state index contributed by atoms with van der Waals surface area (Å²) < 4.78 is 45.3. The number of ether oxygens (including phenoxy) is 1. The van der Waals surface area contributed by atoms with Crippen LogP contribution in [-0.2, 0) is 18.0 Å². The van der Waals surface area contributed by atoms with Crippen molar-refractivity contribution in [2.45, 2.75) is 19.5 Å². The topological polar surface area (TPSA) is 121 Å². The maximum absolute atomic E-state index is 12.9. The number of aromatic hydroxyl groups is 1. The van der Waals surface area contributed by atoms with Crippen molar-refractivity contribution in [2.75, 3.05) is 39.4 Å². The molecule has 1 aromatic carbocycles. The smallest absolute Gasteiger partial charge is 0.416 e. The predicted octanol–water partition coefficient (Wildman–Crippen LogP) is 3.48. The van der Waals surface area contributed by atoms with Gasteiger partial charge in [0.05, 0.1) is 34.2 Å². The Balaban J connectivity index is 1.34. The Morgan fingerprint density at radius 1 is 1.10 bits per heavy atom. The number of rotatable bonds is 9. The van der Waals surface area contributed by atoms with Gasteiger partial charge in [0.25, 0.3) is 11.8 Å². The SMILES string of the molecule is C/C(=N\NC(=O)c1ccc(C(=O)NCCCN2CCOCC2)s1)c1nn(C)c(-c2ccc(C(F)(F)F)cc2)c1O. The molecule has 0 atom stereocenters. The predicted molar refractivity (Wildman–Crippen MR) is 144 cm³/mol. The van der Waals surface area contributed by atoms with Crippen molar-refractivity contribution >= 4 is 28.9 Å². The Morgan fingerprint density at radius 3 is 2.40 bits per heavy atom. The van der Waals surface area contributed by atoms with E-state index in [1.807, 2.05) is 0 Å². The normalized spacial score (nSPS) is 14.8. The lowest BCUT2D eigenvalue weighted by atomic mass is 10.1. The van der Waals surface area contributed by atoms with Crippen LogP contribution in [0.15, 0.2) is 41.5 Å². The molecule has 0 radical (unpaired) electrons. The fourth-order valence-electron chi connectivity index (χ4n) is 4.14. The van der Waals surface area contributed by atoms with Crippen LogP contribution in [0.1, 0.15) is 43.9 Å². The first-order valence-electron chi connectivity index (χ1n) is 12.5. The zero-order valence-corrected chi connectivity index (χ0v) is 22.7. The number of benzene rings is 1. The maximum atomic E-state index is 12.9. The minimum absolute atomic E-state index is 0.0565. The highest BCUT2D eigenvalue weighted by molar-refractivity contribution is 7.15. The summed E-state index contributed by atoms with van der Waals surface area (Å²) in [6.45, 7) is 6.13. The molecule has 4 rings (SSSR count). The maximum Gasteiger partial charge on any atom is 0.416 e. The molecule has 1 aliphatic heterocycles. The summed E-state index contributed by atoms with van der Waals surface area (Å²) in [5, 5.41) is 21.8. The van der Waals surface area contributed by atoms with Gasteiger partial charge in [-0.3, -0.25) is 19.2 Å². The third-order valence-corrected chi connectivity index (χ3v) is 7.35. The fraction of sp³-hybridized carbons (Fsp3) is 0.385. The molecule has 0 saturated carbocycles. The highest BCUT2D eigenvalue weighted by Crippen LogP contribution is 2.35. The summed E-state index contributed by atoms with van der Waals surface area (Å²) in [6.07, 6.45) is -3.67. The van der Waals surface area contributed by atoms with Gasteiger partial charge < -0.3 is 15.2 Å². The summed E-state index contributed by atoms with van der Waals surface area (Å²) in [5.41, 5.74) is 2.33. The van der Waals surface area contributed by atoms with Crippen molar-refractivity contribution in [1.82, 2.24) is 25.4 Å². The minimum Gasteiger partial charge on any atom is -0.504 e. The van der Waals surface area contributed by atoms with E-state index in [4.69, 9.17) is 4.74 Å². The number of hydrogen-bond donors (Lipinski definition) is 3. The van der Waals surface area contributed by atoms with Gasteiger partial charge in [0.1, 0.15) is 5.69 Å². The number of hydrazone groups is 1. The van der Waals surface area contributed by atoms with Gasteiger partial charge >= 0.3 is 6.18 Å². The van der Waals surface area contributed by atoms with Crippen LogP contribution in [-0.4, -0.2) is 76.7 Å². The summed E-state index contributed by atoms with van der Waals surface area (Å²) >= 11 is 1.02. The van der Waals surface area contributed by atoms with Crippen LogP contribution >= 0.6 is 11.3 Å². The molecular weight excluding hydrogens is 549 g/mol. The molecule has 2 aromatic heterocycles. The van der Waals surface area contributed by atoms with Gasteiger partial charge in [-0.25, -0.2) is 5.43 Å². The highest BCUT2D eigenvalue weighted by atomic mass is 32.1. The first-order chi connectivity index (χ1) is 19.0. The Labute approximate surface area is 232 Å². The Kier molecular flexibility index (Phi) is 9.22. The summed E-state index contributed by atoms with van der Waals surface area (Å²) in [4.78, 5) is 28.0. The number of thiophene rings is 1. The van der Waals surface area contributed by atoms with Crippen molar-refractivity contribution in [3.05, 3.63) is 57.4 Å². The molecular formula is C26H29F3N6O4S. The second kappa shape index (κ2) is 12.6. The monoisotopic (exact) mass is 578 g/mol. The van der Waals surface area contributed by atoms with Gasteiger partial charge in [-0.05, 0) is 44.2 Å². The molecule has 1 aliphatic rings. The van der Waals surface area contributed by atoms with E-state index in [1.165, 1.54) is 36.9 Å². The molecule has 40 heavy (non-hydrogen) atoms. The summed E-state index contributed by atoms with van der Waals surface area (Å²) in [7, 11) is 1.53. The van der Waals surface area contributed by atoms with Gasteiger partial charge in [0.15, 0.2) is 11.4 Å². The molecule has 2 amide bonds. The number of hydrogen-bond acceptors (Lipinski definition) is 8. The van der Waals surface area contributed by atoms with Crippen molar-refractivity contribution in [3.8, 4) is 17.0 Å². The molecule has 14 heteroatoms. The Bertz CT molecular complexity index is 1380. The van der Waals surface area contributed by atoms with Crippen LogP contribution in [0.25, 0.3) is 11.3 Å². The van der Waals surface area contributed by atoms with E-state index >= 15 is 0 Å². The molecule has 10 nitrogen and oxygen atoms in total. The molecule has 214 valence electrons. The number of amides is 2. The van der Waals surface area contributed by atoms with Gasteiger partial charge in [-0.1, -0.05) is 12.1 Å². The molecule has 1 saturated heterocycles. The van der Waals surface area contributed by atoms with Gasteiger partial charge in [0, 0.05) is 32.2 Å². The van der Waals surface area contributed by atoms with E-state index in [9.17, 15) is 27.9 Å². The van der Waals surface area contributed by atoms with Crippen molar-refractivity contribution in [3.63, 3.8) is 0 Å². The van der Waals surface area contributed by atoms with E-state index in [0.717, 1.165) is 62.7 Å². The second-order valence-corrected chi connectivity index (χ2v) is 10.2. The lowest BCUT2D eigenvalue weighted by molar-refractivity contribution is -0.137. The summed E-state index contributed by atoms with van der Waals surface area (Å²) in [6, 6.07) is 7.41. The summed E-state index contributed by atoms with van der Waals surface area (Å²) in [5.74, 6) is -1.10. The number of nitrogens with one attached hydrogen (secondary N) is 2. The third kappa shape index (κ3) is 7.06. The number of aromatic nitrogens is 2. The first kappa shape index (κ1) is 29.2. The van der Waals surface area contributed by atoms with E-state index in [2.05, 4.69) is 25.8 Å².